The fourth-order valence-corrected chi connectivity index (χ4v) is 8.52. The summed E-state index contributed by atoms with van der Waals surface area (Å²) in [6.07, 6.45) is 0.0982. The second-order valence-electron chi connectivity index (χ2n) is 18.1. The van der Waals surface area contributed by atoms with Gasteiger partial charge in [0.2, 0.25) is 23.5 Å². The summed E-state index contributed by atoms with van der Waals surface area (Å²) in [5, 5.41) is 29.3. The van der Waals surface area contributed by atoms with Gasteiger partial charge in [-0.15, -0.1) is 10.2 Å². The first kappa shape index (κ1) is 59.2. The number of hydrogen-bond donors (Lipinski definition) is 5. The Hall–Kier alpha value is -7.91. The molecule has 0 unspecified atom stereocenters. The monoisotopic (exact) mass is 1160 g/mol. The van der Waals surface area contributed by atoms with Crippen molar-refractivity contribution in [2.75, 3.05) is 145 Å². The van der Waals surface area contributed by atoms with Crippen molar-refractivity contribution in [2.45, 2.75) is 25.2 Å². The van der Waals surface area contributed by atoms with E-state index in [1.54, 1.807) is 21.9 Å². The van der Waals surface area contributed by atoms with Gasteiger partial charge in [-0.25, -0.2) is 34.9 Å². The van der Waals surface area contributed by atoms with Gasteiger partial charge < -0.3 is 60.0 Å². The molecule has 2 aliphatic heterocycles. The molecule has 10 heterocycles. The number of aliphatic hydroxyl groups excluding tert-OH is 2. The van der Waals surface area contributed by atoms with Crippen LogP contribution in [-0.4, -0.2) is 198 Å². The molecule has 8 aromatic heterocycles. The predicted octanol–water partition coefficient (Wildman–Crippen LogP) is 4.01. The van der Waals surface area contributed by atoms with Crippen LogP contribution in [0.5, 0.6) is 11.5 Å². The number of aliphatic hydroxyl groups is 2. The van der Waals surface area contributed by atoms with Crippen LogP contribution in [0.3, 0.4) is 0 Å². The minimum Gasteiger partial charge on any atom is -0.492 e. The number of anilines is 5. The van der Waals surface area contributed by atoms with Gasteiger partial charge in [-0.2, -0.15) is 40.4 Å². The molecule has 0 saturated carbocycles. The van der Waals surface area contributed by atoms with Gasteiger partial charge in [-0.1, -0.05) is 11.6 Å². The van der Waals surface area contributed by atoms with Crippen LogP contribution in [-0.2, 0) is 12.4 Å². The number of nitrogens with zero attached hydrogens (tertiary/aromatic N) is 17. The summed E-state index contributed by atoms with van der Waals surface area (Å²) in [4.78, 5) is 42.6. The molecule has 0 spiro atoms. The molecule has 2 saturated heterocycles. The first-order chi connectivity index (χ1) is 38.9. The maximum atomic E-state index is 13.8. The molecule has 2 aliphatic rings. The summed E-state index contributed by atoms with van der Waals surface area (Å²) < 4.78 is 105. The van der Waals surface area contributed by atoms with Gasteiger partial charge in [0, 0.05) is 124 Å². The van der Waals surface area contributed by atoms with Gasteiger partial charge in [0.05, 0.1) is 38.0 Å². The Morgan fingerprint density at radius 3 is 1.57 bits per heavy atom. The Labute approximate surface area is 463 Å². The second kappa shape index (κ2) is 27.0. The average molecular weight is 1160 g/mol. The number of aromatic nitrogens is 12. The SMILES string of the molecule is CN(CCN1CCN(c2ncc(OCCCO)cc2C(F)(F)F)CC1)c1cc2nc(-c3ncco3)nn2c(N)n1.CNCCN1CCN(c2ncc(OCCCO)cc2C(F)(F)F)CC1.Nc1nc(Cl)cc2nc(-c3ncco3)nn12. The number of halogens is 7. The lowest BCUT2D eigenvalue weighted by molar-refractivity contribution is -0.138. The number of pyridine rings is 2. The molecule has 33 heteroatoms. The van der Waals surface area contributed by atoms with Crippen molar-refractivity contribution >= 4 is 52.2 Å². The van der Waals surface area contributed by atoms with Crippen LogP contribution in [0.15, 0.2) is 70.4 Å². The van der Waals surface area contributed by atoms with E-state index < -0.39 is 23.5 Å². The van der Waals surface area contributed by atoms with E-state index in [2.05, 4.69) is 65.2 Å². The number of nitrogens with one attached hydrogen (secondary N) is 1. The standard InChI is InChI=1S/C24H29F3N10O3.C16H25F3N4O2.C8H5ClN6O/c1-34(18-14-19-31-20(22-29-3-12-40-22)33-37(19)23(28)32-18)4-5-35-6-8-36(9-7-35)21-17(24(25,26)27)13-16(15-30-21)39-11-2-10-38;1-20-3-4-22-5-7-23(8-6-22)15-14(16(17,18)19)11-13(12-21-15)25-10-2-9-24;9-4-3-5-13-6(7-11-1-2-16-7)14-15(5)8(10)12-4/h3,12-15,38H,2,4-11H2,1H3,(H2,28,32);11-12,20,24H,2-10H2,1H3;1-3H,(H2,10,12). The molecular weight excluding hydrogens is 1100 g/mol. The van der Waals surface area contributed by atoms with Crippen molar-refractivity contribution < 1.29 is 54.9 Å². The number of nitrogen functional groups attached to an aromatic ring is 2. The largest absolute Gasteiger partial charge is 0.492 e. The van der Waals surface area contributed by atoms with E-state index in [-0.39, 0.29) is 72.5 Å². The first-order valence-electron chi connectivity index (χ1n) is 25.4. The molecule has 0 aliphatic carbocycles. The third-order valence-corrected chi connectivity index (χ3v) is 12.7. The number of ether oxygens (including phenoxy) is 2. The molecule has 0 bridgehead atoms. The van der Waals surface area contributed by atoms with Crippen LogP contribution >= 0.6 is 11.6 Å². The normalized spacial score (nSPS) is 14.5. The Kier molecular flexibility index (Phi) is 19.8. The molecule has 2 fully saturated rings. The molecule has 26 nitrogen and oxygen atoms in total. The number of oxazole rings is 2. The second-order valence-corrected chi connectivity index (χ2v) is 18.5. The van der Waals surface area contributed by atoms with Gasteiger partial charge in [-0.05, 0) is 19.2 Å². The number of nitrogens with two attached hydrogens (primary N) is 2. The molecule has 8 aromatic rings. The lowest BCUT2D eigenvalue weighted by atomic mass is 10.2. The lowest BCUT2D eigenvalue weighted by Gasteiger charge is -2.37. The van der Waals surface area contributed by atoms with Crippen molar-refractivity contribution in [3.8, 4) is 34.9 Å². The highest BCUT2D eigenvalue weighted by Gasteiger charge is 2.39. The zero-order chi connectivity index (χ0) is 57.7. The molecule has 10 rings (SSSR count). The summed E-state index contributed by atoms with van der Waals surface area (Å²) >= 11 is 5.75. The molecule has 436 valence electrons. The van der Waals surface area contributed by atoms with Crippen molar-refractivity contribution in [2.24, 2.45) is 0 Å². The summed E-state index contributed by atoms with van der Waals surface area (Å²) in [5.74, 6) is 2.09. The molecule has 81 heavy (non-hydrogen) atoms. The van der Waals surface area contributed by atoms with E-state index >= 15 is 0 Å². The van der Waals surface area contributed by atoms with Gasteiger partial charge in [-0.3, -0.25) is 9.80 Å². The summed E-state index contributed by atoms with van der Waals surface area (Å²) in [6, 6.07) is 5.28. The number of alkyl halides is 6. The molecule has 0 atom stereocenters. The van der Waals surface area contributed by atoms with E-state index in [1.807, 2.05) is 19.0 Å². The number of piperazine rings is 2. The van der Waals surface area contributed by atoms with Gasteiger partial charge in [0.25, 0.3) is 11.8 Å². The quantitative estimate of drug-likeness (QED) is 0.0434. The third kappa shape index (κ3) is 15.5. The van der Waals surface area contributed by atoms with Crippen LogP contribution in [0.4, 0.5) is 55.7 Å². The number of fused-ring (bicyclic) bond motifs is 2. The van der Waals surface area contributed by atoms with Gasteiger partial charge in [0.1, 0.15) is 57.8 Å². The minimum atomic E-state index is -4.58. The molecule has 7 N–H and O–H groups in total. The predicted molar refractivity (Wildman–Crippen MR) is 284 cm³/mol. The van der Waals surface area contributed by atoms with Crippen molar-refractivity contribution in [1.29, 1.82) is 0 Å². The number of likely N-dealkylation sites (N-methyl/N-ethyl adjacent to an activating group) is 2. The topological polar surface area (TPSA) is 303 Å². The zero-order valence-corrected chi connectivity index (χ0v) is 44.7. The Balaban J connectivity index is 0.000000177. The molecule has 0 amide bonds. The Morgan fingerprint density at radius 2 is 1.12 bits per heavy atom. The zero-order valence-electron chi connectivity index (χ0n) is 43.9. The minimum absolute atomic E-state index is 0.0265. The smallest absolute Gasteiger partial charge is 0.420 e. The lowest BCUT2D eigenvalue weighted by Crippen LogP contribution is -2.49. The Morgan fingerprint density at radius 1 is 0.654 bits per heavy atom. The maximum absolute atomic E-state index is 13.8. The van der Waals surface area contributed by atoms with E-state index in [1.165, 1.54) is 46.3 Å². The Bertz CT molecular complexity index is 3250. The van der Waals surface area contributed by atoms with Crippen molar-refractivity contribution in [3.05, 3.63) is 77.9 Å². The number of rotatable bonds is 19. The highest BCUT2D eigenvalue weighted by molar-refractivity contribution is 6.29. The third-order valence-electron chi connectivity index (χ3n) is 12.5. The van der Waals surface area contributed by atoms with Crippen LogP contribution in [0.1, 0.15) is 24.0 Å². The maximum Gasteiger partial charge on any atom is 0.420 e. The van der Waals surface area contributed by atoms with Crippen LogP contribution in [0, 0.1) is 0 Å². The van der Waals surface area contributed by atoms with Crippen LogP contribution < -0.4 is 41.0 Å². The van der Waals surface area contributed by atoms with E-state index in [0.29, 0.717) is 113 Å². The molecule has 0 aromatic carbocycles. The summed E-state index contributed by atoms with van der Waals surface area (Å²) in [5.41, 5.74) is 11.1. The fourth-order valence-electron chi connectivity index (χ4n) is 8.33. The average Bonchev–Trinajstić information content (AvgIpc) is 4.32. The van der Waals surface area contributed by atoms with Gasteiger partial charge in [0.15, 0.2) is 11.3 Å². The molecular formula is C48H59ClF6N20O6. The summed E-state index contributed by atoms with van der Waals surface area (Å²) in [6.45, 7) is 7.43. The fraction of sp³-hybridized carbons (Fsp3) is 0.458. The van der Waals surface area contributed by atoms with Crippen LogP contribution in [0.25, 0.3) is 34.7 Å². The number of hydrogen-bond acceptors (Lipinski definition) is 24. The highest BCUT2D eigenvalue weighted by atomic mass is 35.5. The highest BCUT2D eigenvalue weighted by Crippen LogP contribution is 2.39. The van der Waals surface area contributed by atoms with Crippen molar-refractivity contribution in [1.82, 2.24) is 74.2 Å². The van der Waals surface area contributed by atoms with E-state index in [9.17, 15) is 26.3 Å². The first-order valence-corrected chi connectivity index (χ1v) is 25.7. The summed E-state index contributed by atoms with van der Waals surface area (Å²) in [7, 11) is 3.75. The van der Waals surface area contributed by atoms with Crippen LogP contribution in [0.2, 0.25) is 5.15 Å². The van der Waals surface area contributed by atoms with E-state index in [4.69, 9.17) is 51.6 Å². The molecule has 0 radical (unpaired) electrons. The van der Waals surface area contributed by atoms with Gasteiger partial charge >= 0.3 is 12.4 Å². The van der Waals surface area contributed by atoms with E-state index in [0.717, 1.165) is 25.2 Å². The van der Waals surface area contributed by atoms with Crippen molar-refractivity contribution in [3.63, 3.8) is 0 Å².